The molecule has 3 rings (SSSR count). The maximum atomic E-state index is 14.1. The Balaban J connectivity index is 1.64. The number of hydrogen-bond donors (Lipinski definition) is 5. The van der Waals surface area contributed by atoms with E-state index in [4.69, 9.17) is 17.0 Å². The number of rotatable bonds is 9. The van der Waals surface area contributed by atoms with Gasteiger partial charge < -0.3 is 21.1 Å². The predicted molar refractivity (Wildman–Crippen MR) is 133 cm³/mol. The van der Waals surface area contributed by atoms with Crippen LogP contribution in [0.3, 0.4) is 0 Å². The Morgan fingerprint density at radius 1 is 1.19 bits per heavy atom. The van der Waals surface area contributed by atoms with Gasteiger partial charge in [-0.3, -0.25) is 10.3 Å². The Labute approximate surface area is 217 Å². The minimum absolute atomic E-state index is 0.0697. The molecule has 5 N–H and O–H groups in total. The third-order valence-corrected chi connectivity index (χ3v) is 6.20. The number of phenols is 1. The SMILES string of the molecule is N=C(c1ccc(O)cc1)N(CCC(F)(F)F)C(=O)NCCC1=C(NCc2c(F)cccc2Cl)CNCC1. The van der Waals surface area contributed by atoms with Crippen LogP contribution < -0.4 is 16.0 Å². The fourth-order valence-corrected chi connectivity index (χ4v) is 4.06. The molecule has 1 aliphatic heterocycles. The number of halogens is 5. The second-order valence-electron chi connectivity index (χ2n) is 8.46. The minimum Gasteiger partial charge on any atom is -0.508 e. The van der Waals surface area contributed by atoms with Crippen molar-refractivity contribution in [1.82, 2.24) is 20.9 Å². The molecule has 1 aliphatic rings. The van der Waals surface area contributed by atoms with E-state index in [1.807, 2.05) is 0 Å². The highest BCUT2D eigenvalue weighted by Gasteiger charge is 2.30. The Morgan fingerprint density at radius 2 is 1.92 bits per heavy atom. The summed E-state index contributed by atoms with van der Waals surface area (Å²) in [5.41, 5.74) is 2.35. The number of hydrogen-bond acceptors (Lipinski definition) is 5. The first-order valence-corrected chi connectivity index (χ1v) is 12.0. The molecular formula is C25H28ClF4N5O2. The van der Waals surface area contributed by atoms with E-state index in [-0.39, 0.29) is 24.4 Å². The number of carbonyl (C=O) groups is 1. The van der Waals surface area contributed by atoms with E-state index in [0.717, 1.165) is 16.2 Å². The minimum atomic E-state index is -4.50. The number of nitrogens with zero attached hydrogens (tertiary/aromatic N) is 1. The smallest absolute Gasteiger partial charge is 0.390 e. The van der Waals surface area contributed by atoms with Crippen molar-refractivity contribution >= 4 is 23.5 Å². The Morgan fingerprint density at radius 3 is 2.59 bits per heavy atom. The molecule has 2 aromatic carbocycles. The van der Waals surface area contributed by atoms with E-state index >= 15 is 0 Å². The number of benzene rings is 2. The Bertz CT molecular complexity index is 1120. The molecule has 2 amide bonds. The van der Waals surface area contributed by atoms with Gasteiger partial charge >= 0.3 is 12.2 Å². The molecule has 37 heavy (non-hydrogen) atoms. The van der Waals surface area contributed by atoms with Crippen LogP contribution in [0.5, 0.6) is 5.75 Å². The van der Waals surface area contributed by atoms with E-state index in [1.165, 1.54) is 36.4 Å². The molecule has 0 saturated carbocycles. The van der Waals surface area contributed by atoms with Gasteiger partial charge in [-0.1, -0.05) is 17.7 Å². The molecule has 12 heteroatoms. The van der Waals surface area contributed by atoms with Gasteiger partial charge in [0.15, 0.2) is 0 Å². The van der Waals surface area contributed by atoms with Crippen LogP contribution in [0.1, 0.15) is 30.4 Å². The monoisotopic (exact) mass is 541 g/mol. The Kier molecular flexibility index (Phi) is 9.76. The zero-order valence-corrected chi connectivity index (χ0v) is 20.6. The summed E-state index contributed by atoms with van der Waals surface area (Å²) >= 11 is 6.10. The standard InChI is InChI=1S/C25H28ClF4N5O2/c26-20-2-1-3-21(27)19(20)14-34-22-15-32-11-8-16(22)9-12-33-24(37)35(13-10-25(28,29)30)23(31)17-4-6-18(36)7-5-17/h1-7,31-32,34,36H,8-15H2,(H,33,37). The van der Waals surface area contributed by atoms with Crippen LogP contribution in [-0.2, 0) is 6.54 Å². The largest absolute Gasteiger partial charge is 0.508 e. The van der Waals surface area contributed by atoms with Crippen molar-refractivity contribution in [3.63, 3.8) is 0 Å². The zero-order chi connectivity index (χ0) is 27.0. The van der Waals surface area contributed by atoms with Gasteiger partial charge in [0.1, 0.15) is 17.4 Å². The lowest BCUT2D eigenvalue weighted by Crippen LogP contribution is -2.45. The molecular weight excluding hydrogens is 514 g/mol. The second kappa shape index (κ2) is 12.8. The normalized spacial score (nSPS) is 13.9. The molecule has 2 aromatic rings. The van der Waals surface area contributed by atoms with Crippen molar-refractivity contribution in [3.05, 3.63) is 75.7 Å². The van der Waals surface area contributed by atoms with Crippen molar-refractivity contribution in [1.29, 1.82) is 5.41 Å². The second-order valence-corrected chi connectivity index (χ2v) is 8.86. The first kappa shape index (κ1) is 28.3. The summed E-state index contributed by atoms with van der Waals surface area (Å²) < 4.78 is 52.7. The lowest BCUT2D eigenvalue weighted by atomic mass is 10.0. The molecule has 0 atom stereocenters. The van der Waals surface area contributed by atoms with Crippen LogP contribution in [0, 0.1) is 11.2 Å². The van der Waals surface area contributed by atoms with Crippen LogP contribution in [0.4, 0.5) is 22.4 Å². The molecule has 0 bridgehead atoms. The average molecular weight is 542 g/mol. The highest BCUT2D eigenvalue weighted by atomic mass is 35.5. The number of phenolic OH excluding ortho intramolecular Hbond substituents is 1. The van der Waals surface area contributed by atoms with Crippen molar-refractivity contribution < 1.29 is 27.5 Å². The van der Waals surface area contributed by atoms with E-state index < -0.39 is 36.8 Å². The summed E-state index contributed by atoms with van der Waals surface area (Å²) in [5.74, 6) is -0.903. The van der Waals surface area contributed by atoms with Crippen molar-refractivity contribution in [3.8, 4) is 5.75 Å². The quantitative estimate of drug-likeness (QED) is 0.177. The molecule has 0 fully saturated rings. The highest BCUT2D eigenvalue weighted by molar-refractivity contribution is 6.31. The molecule has 1 heterocycles. The van der Waals surface area contributed by atoms with Crippen molar-refractivity contribution in [2.75, 3.05) is 26.2 Å². The summed E-state index contributed by atoms with van der Waals surface area (Å²) in [6, 6.07) is 8.90. The van der Waals surface area contributed by atoms with Crippen LogP contribution in [0.25, 0.3) is 0 Å². The van der Waals surface area contributed by atoms with Crippen LogP contribution in [-0.4, -0.2) is 54.2 Å². The van der Waals surface area contributed by atoms with E-state index in [0.29, 0.717) is 36.5 Å². The number of urea groups is 1. The van der Waals surface area contributed by atoms with Gasteiger partial charge in [-0.05, 0) is 61.4 Å². The van der Waals surface area contributed by atoms with Gasteiger partial charge in [-0.25, -0.2) is 9.18 Å². The van der Waals surface area contributed by atoms with Gasteiger partial charge in [-0.15, -0.1) is 0 Å². The number of carbonyl (C=O) groups excluding carboxylic acids is 1. The molecule has 0 spiro atoms. The van der Waals surface area contributed by atoms with Gasteiger partial charge in [0.05, 0.1) is 6.42 Å². The zero-order valence-electron chi connectivity index (χ0n) is 19.9. The Hall–Kier alpha value is -3.31. The number of alkyl halides is 3. The molecule has 0 saturated heterocycles. The van der Waals surface area contributed by atoms with Crippen LogP contribution in [0.2, 0.25) is 5.02 Å². The van der Waals surface area contributed by atoms with Crippen LogP contribution in [0.15, 0.2) is 53.7 Å². The lowest BCUT2D eigenvalue weighted by Gasteiger charge is -2.26. The van der Waals surface area contributed by atoms with Crippen LogP contribution >= 0.6 is 11.6 Å². The third-order valence-electron chi connectivity index (χ3n) is 5.85. The maximum Gasteiger partial charge on any atom is 0.390 e. The molecule has 0 unspecified atom stereocenters. The van der Waals surface area contributed by atoms with E-state index in [2.05, 4.69) is 16.0 Å². The number of amidine groups is 1. The summed E-state index contributed by atoms with van der Waals surface area (Å²) in [6.45, 7) is 0.799. The van der Waals surface area contributed by atoms with Gasteiger partial charge in [0.2, 0.25) is 0 Å². The van der Waals surface area contributed by atoms with Gasteiger partial charge in [-0.2, -0.15) is 13.2 Å². The van der Waals surface area contributed by atoms with Crippen molar-refractivity contribution in [2.45, 2.75) is 32.0 Å². The summed E-state index contributed by atoms with van der Waals surface area (Å²) in [7, 11) is 0. The van der Waals surface area contributed by atoms with Gasteiger partial charge in [0, 0.05) is 48.0 Å². The first-order valence-electron chi connectivity index (χ1n) is 11.6. The highest BCUT2D eigenvalue weighted by Crippen LogP contribution is 2.22. The molecule has 200 valence electrons. The molecule has 7 nitrogen and oxygen atoms in total. The summed E-state index contributed by atoms with van der Waals surface area (Å²) in [5, 5.41) is 27.0. The number of aromatic hydroxyl groups is 1. The molecule has 0 aliphatic carbocycles. The fraction of sp³-hybridized carbons (Fsp3) is 0.360. The fourth-order valence-electron chi connectivity index (χ4n) is 3.83. The van der Waals surface area contributed by atoms with Crippen molar-refractivity contribution in [2.24, 2.45) is 0 Å². The lowest BCUT2D eigenvalue weighted by molar-refractivity contribution is -0.135. The van der Waals surface area contributed by atoms with Gasteiger partial charge in [0.25, 0.3) is 0 Å². The van der Waals surface area contributed by atoms with E-state index in [1.54, 1.807) is 6.07 Å². The molecule has 0 radical (unpaired) electrons. The molecule has 0 aromatic heterocycles. The third kappa shape index (κ3) is 8.36. The maximum absolute atomic E-state index is 14.1. The summed E-state index contributed by atoms with van der Waals surface area (Å²) in [6.07, 6.45) is -4.69. The summed E-state index contributed by atoms with van der Waals surface area (Å²) in [4.78, 5) is 13.5. The number of nitrogens with one attached hydrogen (secondary N) is 4. The predicted octanol–water partition coefficient (Wildman–Crippen LogP) is 4.90. The van der Waals surface area contributed by atoms with E-state index in [9.17, 15) is 27.5 Å². The average Bonchev–Trinajstić information content (AvgIpc) is 2.84. The first-order chi connectivity index (χ1) is 17.5. The topological polar surface area (TPSA) is 100 Å². The number of amides is 2.